The van der Waals surface area contributed by atoms with Crippen LogP contribution in [0.3, 0.4) is 0 Å². The number of nitrogens with one attached hydrogen (secondary N) is 1. The highest BCUT2D eigenvalue weighted by Crippen LogP contribution is 2.41. The topological polar surface area (TPSA) is 37.8 Å². The summed E-state index contributed by atoms with van der Waals surface area (Å²) in [6.45, 7) is 5.38. The Morgan fingerprint density at radius 1 is 1.00 bits per heavy atom. The standard InChI is InChI=1S/C17H27N3/c1-3-12-5-7-14(8-6-12)17-19-15(13-9-10-13)11-16(20-17)18-4-2/h11-14H,3-10H2,1-2H3,(H,18,19,20). The first-order valence-corrected chi connectivity index (χ1v) is 8.42. The van der Waals surface area contributed by atoms with E-state index in [1.54, 1.807) is 0 Å². The lowest BCUT2D eigenvalue weighted by Gasteiger charge is -2.27. The molecule has 0 amide bonds. The van der Waals surface area contributed by atoms with Gasteiger partial charge in [0.2, 0.25) is 0 Å². The SMILES string of the molecule is CCNc1cc(C2CC2)nc(C2CCC(CC)CC2)n1. The van der Waals surface area contributed by atoms with Crippen molar-refractivity contribution in [1.29, 1.82) is 0 Å². The second-order valence-corrected chi connectivity index (χ2v) is 6.47. The quantitative estimate of drug-likeness (QED) is 0.860. The van der Waals surface area contributed by atoms with Crippen molar-refractivity contribution < 1.29 is 0 Å². The highest BCUT2D eigenvalue weighted by Gasteiger charge is 2.28. The summed E-state index contributed by atoms with van der Waals surface area (Å²) in [6.07, 6.45) is 9.22. The molecule has 0 spiro atoms. The molecule has 0 bridgehead atoms. The third-order valence-electron chi connectivity index (χ3n) is 4.91. The molecule has 3 heteroatoms. The second kappa shape index (κ2) is 6.11. The molecule has 0 radical (unpaired) electrons. The number of hydrogen-bond acceptors (Lipinski definition) is 3. The first kappa shape index (κ1) is 13.8. The molecule has 2 aliphatic rings. The molecule has 1 N–H and O–H groups in total. The molecular weight excluding hydrogens is 246 g/mol. The van der Waals surface area contributed by atoms with E-state index in [2.05, 4.69) is 25.2 Å². The van der Waals surface area contributed by atoms with Crippen LogP contribution in [-0.4, -0.2) is 16.5 Å². The van der Waals surface area contributed by atoms with Crippen LogP contribution in [0.2, 0.25) is 0 Å². The fourth-order valence-electron chi connectivity index (χ4n) is 3.36. The Kier molecular flexibility index (Phi) is 4.23. The summed E-state index contributed by atoms with van der Waals surface area (Å²) in [5.41, 5.74) is 1.28. The number of hydrogen-bond donors (Lipinski definition) is 1. The number of rotatable bonds is 5. The maximum Gasteiger partial charge on any atom is 0.134 e. The minimum absolute atomic E-state index is 0.592. The maximum absolute atomic E-state index is 4.90. The van der Waals surface area contributed by atoms with Crippen molar-refractivity contribution in [3.05, 3.63) is 17.6 Å². The summed E-state index contributed by atoms with van der Waals surface area (Å²) in [7, 11) is 0. The Balaban J connectivity index is 1.77. The van der Waals surface area contributed by atoms with Crippen molar-refractivity contribution in [2.75, 3.05) is 11.9 Å². The Bertz CT molecular complexity index is 446. The van der Waals surface area contributed by atoms with E-state index in [0.717, 1.165) is 24.1 Å². The van der Waals surface area contributed by atoms with Gasteiger partial charge in [-0.1, -0.05) is 13.3 Å². The molecule has 2 saturated carbocycles. The molecule has 0 aliphatic heterocycles. The fraction of sp³-hybridized carbons (Fsp3) is 0.765. The molecule has 2 aliphatic carbocycles. The lowest BCUT2D eigenvalue weighted by molar-refractivity contribution is 0.312. The molecule has 0 unspecified atom stereocenters. The molecule has 1 aromatic heterocycles. The molecule has 110 valence electrons. The minimum atomic E-state index is 0.592. The molecule has 3 rings (SSSR count). The Morgan fingerprint density at radius 2 is 1.70 bits per heavy atom. The molecule has 0 saturated heterocycles. The fourth-order valence-corrected chi connectivity index (χ4v) is 3.36. The first-order valence-electron chi connectivity index (χ1n) is 8.42. The monoisotopic (exact) mass is 273 g/mol. The van der Waals surface area contributed by atoms with Crippen LogP contribution in [0.25, 0.3) is 0 Å². The zero-order valence-electron chi connectivity index (χ0n) is 12.9. The molecular formula is C17H27N3. The maximum atomic E-state index is 4.90. The average Bonchev–Trinajstić information content (AvgIpc) is 3.32. The van der Waals surface area contributed by atoms with Crippen molar-refractivity contribution in [3.8, 4) is 0 Å². The van der Waals surface area contributed by atoms with Crippen molar-refractivity contribution in [3.63, 3.8) is 0 Å². The van der Waals surface area contributed by atoms with E-state index in [0.29, 0.717) is 11.8 Å². The molecule has 1 heterocycles. The van der Waals surface area contributed by atoms with Crippen molar-refractivity contribution in [1.82, 2.24) is 9.97 Å². The summed E-state index contributed by atoms with van der Waals surface area (Å²) in [6, 6.07) is 2.17. The van der Waals surface area contributed by atoms with Gasteiger partial charge >= 0.3 is 0 Å². The third kappa shape index (κ3) is 3.13. The number of anilines is 1. The highest BCUT2D eigenvalue weighted by atomic mass is 15.0. The molecule has 1 aromatic rings. The van der Waals surface area contributed by atoms with Crippen LogP contribution in [0.1, 0.15) is 82.1 Å². The van der Waals surface area contributed by atoms with Gasteiger partial charge in [-0.15, -0.1) is 0 Å². The molecule has 0 aromatic carbocycles. The normalized spacial score (nSPS) is 26.5. The summed E-state index contributed by atoms with van der Waals surface area (Å²) in [4.78, 5) is 9.69. The summed E-state index contributed by atoms with van der Waals surface area (Å²) in [5, 5.41) is 3.38. The largest absolute Gasteiger partial charge is 0.370 e. The predicted octanol–water partition coefficient (Wildman–Crippen LogP) is 4.47. The van der Waals surface area contributed by atoms with Crippen molar-refractivity contribution in [2.24, 2.45) is 5.92 Å². The Labute approximate surface area is 122 Å². The number of nitrogens with zero attached hydrogens (tertiary/aromatic N) is 2. The van der Waals surface area contributed by atoms with Crippen molar-refractivity contribution in [2.45, 2.75) is 70.6 Å². The predicted molar refractivity (Wildman–Crippen MR) is 83.2 cm³/mol. The van der Waals surface area contributed by atoms with Crippen LogP contribution in [-0.2, 0) is 0 Å². The van der Waals surface area contributed by atoms with E-state index in [4.69, 9.17) is 9.97 Å². The van der Waals surface area contributed by atoms with Gasteiger partial charge in [0, 0.05) is 30.1 Å². The smallest absolute Gasteiger partial charge is 0.134 e. The molecule has 20 heavy (non-hydrogen) atoms. The van der Waals surface area contributed by atoms with Crippen LogP contribution < -0.4 is 5.32 Å². The second-order valence-electron chi connectivity index (χ2n) is 6.47. The third-order valence-corrected chi connectivity index (χ3v) is 4.91. The molecule has 2 fully saturated rings. The highest BCUT2D eigenvalue weighted by molar-refractivity contribution is 5.38. The zero-order chi connectivity index (χ0) is 13.9. The van der Waals surface area contributed by atoms with E-state index in [1.807, 2.05) is 0 Å². The molecule has 3 nitrogen and oxygen atoms in total. The zero-order valence-corrected chi connectivity index (χ0v) is 12.9. The summed E-state index contributed by atoms with van der Waals surface area (Å²) >= 11 is 0. The number of aromatic nitrogens is 2. The molecule has 0 atom stereocenters. The van der Waals surface area contributed by atoms with Gasteiger partial charge in [0.1, 0.15) is 11.6 Å². The van der Waals surface area contributed by atoms with Gasteiger partial charge in [-0.3, -0.25) is 0 Å². The van der Waals surface area contributed by atoms with E-state index in [-0.39, 0.29) is 0 Å². The lowest BCUT2D eigenvalue weighted by Crippen LogP contribution is -2.16. The van der Waals surface area contributed by atoms with Gasteiger partial charge in [-0.2, -0.15) is 0 Å². The van der Waals surface area contributed by atoms with Gasteiger partial charge in [-0.25, -0.2) is 9.97 Å². The average molecular weight is 273 g/mol. The van der Waals surface area contributed by atoms with Crippen LogP contribution in [0.15, 0.2) is 6.07 Å². The Hall–Kier alpha value is -1.12. The van der Waals surface area contributed by atoms with Crippen LogP contribution in [0.4, 0.5) is 5.82 Å². The van der Waals surface area contributed by atoms with E-state index < -0.39 is 0 Å². The first-order chi connectivity index (χ1) is 9.80. The van der Waals surface area contributed by atoms with Crippen LogP contribution >= 0.6 is 0 Å². The van der Waals surface area contributed by atoms with Crippen molar-refractivity contribution >= 4 is 5.82 Å². The lowest BCUT2D eigenvalue weighted by atomic mass is 9.80. The summed E-state index contributed by atoms with van der Waals surface area (Å²) in [5.74, 6) is 4.39. The summed E-state index contributed by atoms with van der Waals surface area (Å²) < 4.78 is 0. The van der Waals surface area contributed by atoms with Crippen LogP contribution in [0, 0.1) is 5.92 Å². The Morgan fingerprint density at radius 3 is 2.30 bits per heavy atom. The van der Waals surface area contributed by atoms with E-state index in [9.17, 15) is 0 Å². The van der Waals surface area contributed by atoms with E-state index >= 15 is 0 Å². The van der Waals surface area contributed by atoms with Gasteiger partial charge in [0.05, 0.1) is 0 Å². The van der Waals surface area contributed by atoms with E-state index in [1.165, 1.54) is 50.6 Å². The minimum Gasteiger partial charge on any atom is -0.370 e. The van der Waals surface area contributed by atoms with Gasteiger partial charge in [0.15, 0.2) is 0 Å². The van der Waals surface area contributed by atoms with Gasteiger partial charge in [0.25, 0.3) is 0 Å². The van der Waals surface area contributed by atoms with Gasteiger partial charge in [-0.05, 0) is 51.4 Å². The van der Waals surface area contributed by atoms with Gasteiger partial charge < -0.3 is 5.32 Å². The van der Waals surface area contributed by atoms with Crippen LogP contribution in [0.5, 0.6) is 0 Å².